The van der Waals surface area contributed by atoms with Gasteiger partial charge in [0.2, 0.25) is 5.78 Å². The Morgan fingerprint density at radius 3 is 2.66 bits per heavy atom. The number of carbonyl (C=O) groups excluding carboxylic acids is 2. The summed E-state index contributed by atoms with van der Waals surface area (Å²) < 4.78 is 6.39. The van der Waals surface area contributed by atoms with E-state index in [2.05, 4.69) is 15.3 Å². The molecule has 2 aromatic carbocycles. The summed E-state index contributed by atoms with van der Waals surface area (Å²) in [4.78, 5) is 40.3. The van der Waals surface area contributed by atoms with E-state index in [0.717, 1.165) is 15.6 Å². The van der Waals surface area contributed by atoms with Crippen molar-refractivity contribution in [3.05, 3.63) is 70.6 Å². The van der Waals surface area contributed by atoms with Crippen molar-refractivity contribution < 1.29 is 14.3 Å². The van der Waals surface area contributed by atoms with Crippen LogP contribution in [0.15, 0.2) is 59.5 Å². The fraction of sp³-hybridized carbons (Fsp3) is 0.190. The summed E-state index contributed by atoms with van der Waals surface area (Å²) in [6.07, 6.45) is 0.570. The second kappa shape index (κ2) is 7.67. The zero-order valence-corrected chi connectivity index (χ0v) is 15.7. The van der Waals surface area contributed by atoms with Crippen LogP contribution in [0.4, 0.5) is 0 Å². The van der Waals surface area contributed by atoms with Crippen LogP contribution in [0.2, 0.25) is 0 Å². The molecule has 2 aromatic heterocycles. The van der Waals surface area contributed by atoms with Crippen LogP contribution >= 0.6 is 0 Å². The fourth-order valence-electron chi connectivity index (χ4n) is 3.17. The maximum Gasteiger partial charge on any atom is 0.308 e. The van der Waals surface area contributed by atoms with Crippen molar-refractivity contribution in [2.24, 2.45) is 0 Å². The molecule has 4 aromatic rings. The van der Waals surface area contributed by atoms with Crippen LogP contribution in [0.25, 0.3) is 21.8 Å². The van der Waals surface area contributed by atoms with Gasteiger partial charge in [0, 0.05) is 22.7 Å². The Kier molecular flexibility index (Phi) is 4.90. The van der Waals surface area contributed by atoms with Gasteiger partial charge in [0.25, 0.3) is 5.56 Å². The first kappa shape index (κ1) is 18.5. The molecule has 8 nitrogen and oxygen atoms in total. The Balaban J connectivity index is 1.41. The van der Waals surface area contributed by atoms with Gasteiger partial charge in [0.15, 0.2) is 6.10 Å². The summed E-state index contributed by atoms with van der Waals surface area (Å²) in [6, 6.07) is 14.3. The van der Waals surface area contributed by atoms with E-state index in [1.807, 2.05) is 24.3 Å². The third kappa shape index (κ3) is 3.64. The number of aromatic amines is 1. The summed E-state index contributed by atoms with van der Waals surface area (Å²) in [6.45, 7) is 1.55. The number of ether oxygens (including phenoxy) is 1. The molecule has 0 aliphatic heterocycles. The lowest BCUT2D eigenvalue weighted by molar-refractivity contribution is -0.146. The number of H-pyrrole nitrogens is 1. The molecule has 0 radical (unpaired) electrons. The van der Waals surface area contributed by atoms with Crippen LogP contribution in [0, 0.1) is 0 Å². The minimum Gasteiger partial charge on any atom is -0.454 e. The molecule has 0 aliphatic carbocycles. The van der Waals surface area contributed by atoms with E-state index in [0.29, 0.717) is 16.5 Å². The van der Waals surface area contributed by atoms with Crippen LogP contribution in [0.1, 0.15) is 23.7 Å². The van der Waals surface area contributed by atoms with Crippen molar-refractivity contribution in [3.8, 4) is 0 Å². The predicted molar refractivity (Wildman–Crippen MR) is 107 cm³/mol. The van der Waals surface area contributed by atoms with Crippen molar-refractivity contribution in [3.63, 3.8) is 0 Å². The van der Waals surface area contributed by atoms with Gasteiger partial charge in [0.05, 0.1) is 18.4 Å². The second-order valence-corrected chi connectivity index (χ2v) is 6.63. The molecule has 0 aliphatic rings. The number of aryl methyl sites for hydroxylation is 1. The Morgan fingerprint density at radius 2 is 1.83 bits per heavy atom. The molecule has 8 heteroatoms. The summed E-state index contributed by atoms with van der Waals surface area (Å²) in [5.74, 6) is -0.883. The van der Waals surface area contributed by atoms with Crippen LogP contribution in [-0.2, 0) is 16.1 Å². The lowest BCUT2D eigenvalue weighted by atomic mass is 10.1. The lowest BCUT2D eigenvalue weighted by Crippen LogP contribution is -2.28. The average Bonchev–Trinajstić information content (AvgIpc) is 3.17. The summed E-state index contributed by atoms with van der Waals surface area (Å²) in [7, 11) is 0. The van der Waals surface area contributed by atoms with Gasteiger partial charge in [0.1, 0.15) is 5.52 Å². The first-order valence-corrected chi connectivity index (χ1v) is 9.17. The third-order valence-corrected chi connectivity index (χ3v) is 4.69. The van der Waals surface area contributed by atoms with Crippen LogP contribution < -0.4 is 5.56 Å². The Hall–Kier alpha value is -3.81. The van der Waals surface area contributed by atoms with Gasteiger partial charge in [-0.15, -0.1) is 5.10 Å². The number of nitrogens with zero attached hydrogens (tertiary/aromatic N) is 3. The quantitative estimate of drug-likeness (QED) is 0.400. The number of nitrogens with one attached hydrogen (secondary N) is 1. The van der Waals surface area contributed by atoms with E-state index in [-0.39, 0.29) is 24.3 Å². The van der Waals surface area contributed by atoms with E-state index in [1.54, 1.807) is 30.5 Å². The van der Waals surface area contributed by atoms with E-state index in [9.17, 15) is 14.4 Å². The number of hydrogen-bond donors (Lipinski definition) is 1. The number of Topliss-reactive ketones (excluding diaryl/α,β-unsaturated/α-hetero) is 1. The minimum absolute atomic E-state index is 0.0174. The molecule has 1 unspecified atom stereocenters. The van der Waals surface area contributed by atoms with Gasteiger partial charge >= 0.3 is 5.97 Å². The summed E-state index contributed by atoms with van der Waals surface area (Å²) in [5.41, 5.74) is 1.47. The summed E-state index contributed by atoms with van der Waals surface area (Å²) >= 11 is 0. The first-order valence-electron chi connectivity index (χ1n) is 9.17. The van der Waals surface area contributed by atoms with E-state index in [1.165, 1.54) is 6.92 Å². The molecule has 1 atom stereocenters. The molecular weight excluding hydrogens is 372 g/mol. The molecule has 0 saturated heterocycles. The smallest absolute Gasteiger partial charge is 0.308 e. The maximum absolute atomic E-state index is 12.7. The van der Waals surface area contributed by atoms with E-state index in [4.69, 9.17) is 4.74 Å². The maximum atomic E-state index is 12.7. The Bertz CT molecular complexity index is 1270. The van der Waals surface area contributed by atoms with Crippen LogP contribution in [0.3, 0.4) is 0 Å². The van der Waals surface area contributed by atoms with Crippen molar-refractivity contribution in [2.45, 2.75) is 26.0 Å². The molecule has 1 N–H and O–H groups in total. The van der Waals surface area contributed by atoms with Gasteiger partial charge in [-0.05, 0) is 25.1 Å². The highest BCUT2D eigenvalue weighted by Crippen LogP contribution is 2.20. The molecule has 0 fully saturated rings. The minimum atomic E-state index is -0.943. The number of carbonyl (C=O) groups is 2. The highest BCUT2D eigenvalue weighted by atomic mass is 16.5. The van der Waals surface area contributed by atoms with Crippen molar-refractivity contribution in [1.29, 1.82) is 0 Å². The first-order chi connectivity index (χ1) is 14.0. The van der Waals surface area contributed by atoms with Crippen molar-refractivity contribution in [2.75, 3.05) is 0 Å². The number of benzene rings is 2. The topological polar surface area (TPSA) is 107 Å². The lowest BCUT2D eigenvalue weighted by Gasteiger charge is -2.12. The molecule has 0 saturated carbocycles. The zero-order valence-electron chi connectivity index (χ0n) is 15.7. The monoisotopic (exact) mass is 390 g/mol. The van der Waals surface area contributed by atoms with Gasteiger partial charge in [-0.2, -0.15) is 0 Å². The highest BCUT2D eigenvalue weighted by Gasteiger charge is 2.22. The van der Waals surface area contributed by atoms with Gasteiger partial charge < -0.3 is 9.72 Å². The van der Waals surface area contributed by atoms with Gasteiger partial charge in [-0.3, -0.25) is 14.4 Å². The highest BCUT2D eigenvalue weighted by molar-refractivity contribution is 6.10. The third-order valence-electron chi connectivity index (χ3n) is 4.69. The molecule has 2 heterocycles. The van der Waals surface area contributed by atoms with E-state index < -0.39 is 12.1 Å². The molecule has 0 spiro atoms. The van der Waals surface area contributed by atoms with E-state index >= 15 is 0 Å². The number of para-hydroxylation sites is 1. The van der Waals surface area contributed by atoms with Crippen molar-refractivity contribution in [1.82, 2.24) is 20.0 Å². The standard InChI is InChI=1S/C21H18N4O4/c1-13(20(27)16-12-22-17-8-4-2-6-14(16)17)29-19(26)10-11-25-21(28)15-7-3-5-9-18(15)23-24-25/h2-9,12-13,22H,10-11H2,1H3. The SMILES string of the molecule is CC(OC(=O)CCn1nnc2ccccc2c1=O)C(=O)c1c[nH]c2ccccc12. The molecule has 146 valence electrons. The number of rotatable bonds is 6. The molecule has 0 bridgehead atoms. The molecular formula is C21H18N4O4. The summed E-state index contributed by atoms with van der Waals surface area (Å²) in [5, 5.41) is 9.02. The normalized spacial score (nSPS) is 12.2. The number of aromatic nitrogens is 4. The average molecular weight is 390 g/mol. The number of fused-ring (bicyclic) bond motifs is 2. The van der Waals surface area contributed by atoms with Crippen LogP contribution in [-0.4, -0.2) is 37.8 Å². The Labute approximate surface area is 165 Å². The molecule has 4 rings (SSSR count). The number of ketones is 1. The molecule has 29 heavy (non-hydrogen) atoms. The largest absolute Gasteiger partial charge is 0.454 e. The van der Waals surface area contributed by atoms with Gasteiger partial charge in [-0.25, -0.2) is 4.68 Å². The molecule has 0 amide bonds. The zero-order chi connectivity index (χ0) is 20.4. The Morgan fingerprint density at radius 1 is 1.10 bits per heavy atom. The second-order valence-electron chi connectivity index (χ2n) is 6.63. The van der Waals surface area contributed by atoms with Crippen molar-refractivity contribution >= 4 is 33.6 Å². The van der Waals surface area contributed by atoms with Crippen LogP contribution in [0.5, 0.6) is 0 Å². The number of esters is 1. The predicted octanol–water partition coefficient (Wildman–Crippen LogP) is 2.48. The van der Waals surface area contributed by atoms with Gasteiger partial charge in [-0.1, -0.05) is 35.5 Å². The fourth-order valence-corrected chi connectivity index (χ4v) is 3.17. The number of hydrogen-bond acceptors (Lipinski definition) is 6.